The van der Waals surface area contributed by atoms with E-state index in [1.165, 1.54) is 0 Å². The van der Waals surface area contributed by atoms with Crippen molar-refractivity contribution in [1.82, 2.24) is 4.98 Å². The Morgan fingerprint density at radius 3 is 2.86 bits per heavy atom. The second-order valence-corrected chi connectivity index (χ2v) is 6.88. The van der Waals surface area contributed by atoms with Crippen LogP contribution < -0.4 is 4.90 Å². The number of hydrogen-bond donors (Lipinski definition) is 0. The topological polar surface area (TPSA) is 51.7 Å². The van der Waals surface area contributed by atoms with Gasteiger partial charge in [-0.1, -0.05) is 26.8 Å². The maximum absolute atomic E-state index is 12.5. The molecule has 2 rings (SSSR count). The third-order valence-electron chi connectivity index (χ3n) is 3.41. The second-order valence-electron chi connectivity index (χ2n) is 6.88. The molecule has 1 fully saturated rings. The minimum absolute atomic E-state index is 0.0122. The van der Waals surface area contributed by atoms with Crippen molar-refractivity contribution >= 4 is 11.7 Å². The molecule has 0 saturated carbocycles. The maximum Gasteiger partial charge on any atom is 0.254 e. The molecule has 1 atom stereocenters. The lowest BCUT2D eigenvalue weighted by Crippen LogP contribution is -2.40. The molecule has 0 unspecified atom stereocenters. The van der Waals surface area contributed by atoms with Crippen LogP contribution >= 0.6 is 0 Å². The van der Waals surface area contributed by atoms with Crippen LogP contribution in [0.2, 0.25) is 0 Å². The first-order valence-corrected chi connectivity index (χ1v) is 7.86. The largest absolute Gasteiger partial charge is 0.376 e. The Labute approximate surface area is 132 Å². The molecular formula is C17H26N2O3. The minimum atomic E-state index is -0.0633. The summed E-state index contributed by atoms with van der Waals surface area (Å²) < 4.78 is 11.1. The van der Waals surface area contributed by atoms with E-state index in [2.05, 4.69) is 25.8 Å². The molecule has 0 spiro atoms. The van der Waals surface area contributed by atoms with Crippen molar-refractivity contribution in [3.05, 3.63) is 24.4 Å². The van der Waals surface area contributed by atoms with Gasteiger partial charge in [0.15, 0.2) is 0 Å². The molecule has 0 aliphatic carbocycles. The van der Waals surface area contributed by atoms with Gasteiger partial charge < -0.3 is 9.47 Å². The first kappa shape index (κ1) is 16.9. The van der Waals surface area contributed by atoms with Gasteiger partial charge in [-0.05, 0) is 30.4 Å². The summed E-state index contributed by atoms with van der Waals surface area (Å²) in [6.45, 7) is 8.25. The quantitative estimate of drug-likeness (QED) is 0.811. The molecule has 122 valence electrons. The lowest BCUT2D eigenvalue weighted by atomic mass is 9.96. The van der Waals surface area contributed by atoms with E-state index in [0.717, 1.165) is 19.4 Å². The summed E-state index contributed by atoms with van der Waals surface area (Å²) in [6, 6.07) is 5.58. The van der Waals surface area contributed by atoms with Gasteiger partial charge in [-0.2, -0.15) is 0 Å². The van der Waals surface area contributed by atoms with Crippen LogP contribution in [0.4, 0.5) is 5.82 Å². The number of amides is 1. The van der Waals surface area contributed by atoms with Crippen LogP contribution in [0.1, 0.15) is 33.6 Å². The number of nitrogens with zero attached hydrogens (tertiary/aromatic N) is 2. The van der Waals surface area contributed by atoms with Crippen molar-refractivity contribution in [2.45, 2.75) is 39.7 Å². The predicted octanol–water partition coefficient (Wildman–Crippen LogP) is 2.66. The van der Waals surface area contributed by atoms with E-state index in [1.54, 1.807) is 11.1 Å². The Morgan fingerprint density at radius 1 is 1.45 bits per heavy atom. The maximum atomic E-state index is 12.5. The SMILES string of the molecule is CC(C)(C)CN(C(=O)COC[C@H]1CCCO1)c1ccccn1. The molecule has 1 aromatic rings. The number of pyridine rings is 1. The van der Waals surface area contributed by atoms with E-state index in [-0.39, 0.29) is 24.0 Å². The molecule has 1 aliphatic rings. The Hall–Kier alpha value is -1.46. The van der Waals surface area contributed by atoms with Crippen LogP contribution in [0.25, 0.3) is 0 Å². The van der Waals surface area contributed by atoms with Crippen LogP contribution in [0.3, 0.4) is 0 Å². The fraction of sp³-hybridized carbons (Fsp3) is 0.647. The zero-order valence-corrected chi connectivity index (χ0v) is 13.7. The molecule has 0 radical (unpaired) electrons. The van der Waals surface area contributed by atoms with E-state index >= 15 is 0 Å². The smallest absolute Gasteiger partial charge is 0.254 e. The van der Waals surface area contributed by atoms with Gasteiger partial charge in [0, 0.05) is 19.3 Å². The molecule has 1 saturated heterocycles. The van der Waals surface area contributed by atoms with Crippen molar-refractivity contribution in [3.8, 4) is 0 Å². The minimum Gasteiger partial charge on any atom is -0.376 e. The monoisotopic (exact) mass is 306 g/mol. The molecule has 1 aromatic heterocycles. The summed E-state index contributed by atoms with van der Waals surface area (Å²) in [4.78, 5) is 18.5. The van der Waals surface area contributed by atoms with Crippen molar-refractivity contribution in [2.24, 2.45) is 5.41 Å². The average Bonchev–Trinajstić information content (AvgIpc) is 2.98. The van der Waals surface area contributed by atoms with Crippen LogP contribution in [0.15, 0.2) is 24.4 Å². The highest BCUT2D eigenvalue weighted by molar-refractivity contribution is 5.93. The summed E-state index contributed by atoms with van der Waals surface area (Å²) in [5.41, 5.74) is -0.0122. The molecule has 1 amide bonds. The van der Waals surface area contributed by atoms with Gasteiger partial charge in [-0.25, -0.2) is 4.98 Å². The predicted molar refractivity (Wildman–Crippen MR) is 85.8 cm³/mol. The van der Waals surface area contributed by atoms with Gasteiger partial charge >= 0.3 is 0 Å². The zero-order valence-electron chi connectivity index (χ0n) is 13.7. The van der Waals surface area contributed by atoms with E-state index in [9.17, 15) is 4.79 Å². The van der Waals surface area contributed by atoms with Crippen molar-refractivity contribution in [2.75, 3.05) is 31.3 Å². The summed E-state index contributed by atoms with van der Waals surface area (Å²) in [5, 5.41) is 0. The molecule has 0 aromatic carbocycles. The second kappa shape index (κ2) is 7.70. The van der Waals surface area contributed by atoms with E-state index < -0.39 is 0 Å². The molecule has 1 aliphatic heterocycles. The number of hydrogen-bond acceptors (Lipinski definition) is 4. The first-order chi connectivity index (χ1) is 10.5. The number of aromatic nitrogens is 1. The number of carbonyl (C=O) groups excluding carboxylic acids is 1. The third kappa shape index (κ3) is 5.39. The zero-order chi connectivity index (χ0) is 16.0. The Balaban J connectivity index is 1.93. The number of ether oxygens (including phenoxy) is 2. The molecule has 5 heteroatoms. The number of carbonyl (C=O) groups is 1. The number of rotatable bonds is 6. The summed E-state index contributed by atoms with van der Waals surface area (Å²) in [6.07, 6.45) is 3.93. The van der Waals surface area contributed by atoms with Crippen LogP contribution in [-0.4, -0.2) is 43.4 Å². The molecule has 0 bridgehead atoms. The van der Waals surface area contributed by atoms with E-state index in [1.807, 2.05) is 18.2 Å². The Kier molecular flexibility index (Phi) is 5.91. The Bertz CT molecular complexity index is 465. The van der Waals surface area contributed by atoms with Crippen molar-refractivity contribution in [3.63, 3.8) is 0 Å². The molecular weight excluding hydrogens is 280 g/mol. The van der Waals surface area contributed by atoms with Crippen LogP contribution in [0, 0.1) is 5.41 Å². The summed E-state index contributed by atoms with van der Waals surface area (Å²) >= 11 is 0. The van der Waals surface area contributed by atoms with Gasteiger partial charge in [-0.15, -0.1) is 0 Å². The molecule has 0 N–H and O–H groups in total. The normalized spacial score (nSPS) is 18.4. The van der Waals surface area contributed by atoms with Crippen molar-refractivity contribution in [1.29, 1.82) is 0 Å². The molecule has 5 nitrogen and oxygen atoms in total. The summed E-state index contributed by atoms with van der Waals surface area (Å²) in [5.74, 6) is 0.606. The van der Waals surface area contributed by atoms with E-state index in [0.29, 0.717) is 19.0 Å². The summed E-state index contributed by atoms with van der Waals surface area (Å²) in [7, 11) is 0. The highest BCUT2D eigenvalue weighted by Gasteiger charge is 2.24. The average molecular weight is 306 g/mol. The van der Waals surface area contributed by atoms with E-state index in [4.69, 9.17) is 9.47 Å². The highest BCUT2D eigenvalue weighted by Crippen LogP contribution is 2.20. The fourth-order valence-corrected chi connectivity index (χ4v) is 2.42. The molecule has 22 heavy (non-hydrogen) atoms. The number of anilines is 1. The lowest BCUT2D eigenvalue weighted by molar-refractivity contribution is -0.124. The van der Waals surface area contributed by atoms with Crippen LogP contribution in [0.5, 0.6) is 0 Å². The lowest BCUT2D eigenvalue weighted by Gasteiger charge is -2.29. The van der Waals surface area contributed by atoms with Crippen molar-refractivity contribution < 1.29 is 14.3 Å². The fourth-order valence-electron chi connectivity index (χ4n) is 2.42. The van der Waals surface area contributed by atoms with Gasteiger partial charge in [0.25, 0.3) is 5.91 Å². The van der Waals surface area contributed by atoms with Crippen LogP contribution in [-0.2, 0) is 14.3 Å². The highest BCUT2D eigenvalue weighted by atomic mass is 16.5. The van der Waals surface area contributed by atoms with Gasteiger partial charge in [0.1, 0.15) is 12.4 Å². The first-order valence-electron chi connectivity index (χ1n) is 7.86. The van der Waals surface area contributed by atoms with Gasteiger partial charge in [0.05, 0.1) is 12.7 Å². The third-order valence-corrected chi connectivity index (χ3v) is 3.41. The standard InChI is InChI=1S/C17H26N2O3/c1-17(2,3)13-19(15-8-4-5-9-18-15)16(20)12-21-11-14-7-6-10-22-14/h4-5,8-9,14H,6-7,10-13H2,1-3H3/t14-/m1/s1. The van der Waals surface area contributed by atoms with Gasteiger partial charge in [0.2, 0.25) is 0 Å². The van der Waals surface area contributed by atoms with Gasteiger partial charge in [-0.3, -0.25) is 9.69 Å². The molecule has 2 heterocycles. The Morgan fingerprint density at radius 2 is 2.27 bits per heavy atom.